The van der Waals surface area contributed by atoms with Crippen molar-refractivity contribution in [2.75, 3.05) is 20.6 Å². The van der Waals surface area contributed by atoms with Crippen LogP contribution in [0, 0.1) is 0 Å². The Morgan fingerprint density at radius 1 is 1.08 bits per heavy atom. The lowest BCUT2D eigenvalue weighted by atomic mass is 10.1. The Hall–Kier alpha value is -1.84. The fraction of sp³-hybridized carbons (Fsp3) is 0.471. The first-order valence-electron chi connectivity index (χ1n) is 7.81. The van der Waals surface area contributed by atoms with Gasteiger partial charge in [0.05, 0.1) is 6.54 Å². The number of carbonyl (C=O) groups excluding carboxylic acids is 2. The average molecular weight is 461 g/mol. The highest BCUT2D eigenvalue weighted by Gasteiger charge is 2.13. The maximum atomic E-state index is 11.8. The number of hydrogen-bond donors (Lipinski definition) is 4. The summed E-state index contributed by atoms with van der Waals surface area (Å²) in [4.78, 5) is 27.4. The van der Waals surface area contributed by atoms with E-state index in [0.717, 1.165) is 5.56 Å². The first-order valence-corrected chi connectivity index (χ1v) is 7.81. The summed E-state index contributed by atoms with van der Waals surface area (Å²) in [7, 11) is 3.24. The quantitative estimate of drug-likeness (QED) is 0.302. The van der Waals surface area contributed by atoms with Gasteiger partial charge in [-0.05, 0) is 38.5 Å². The molecule has 0 fully saturated rings. The molecule has 7 nitrogen and oxygen atoms in total. The second-order valence-corrected chi connectivity index (χ2v) is 6.35. The maximum Gasteiger partial charge on any atom is 0.251 e. The molecule has 25 heavy (non-hydrogen) atoms. The molecule has 0 saturated carbocycles. The minimum atomic E-state index is -0.262. The highest BCUT2D eigenvalue weighted by atomic mass is 127. The molecule has 140 valence electrons. The second kappa shape index (κ2) is 10.9. The SMILES string of the molecule is CN=C(NCC(=O)NC(C)(C)C)NCc1ccc(C(=O)NC)cc1.I. The van der Waals surface area contributed by atoms with Crippen molar-refractivity contribution in [1.29, 1.82) is 0 Å². The standard InChI is InChI=1S/C17H27N5O2.HI/c1-17(2,3)22-14(23)11-21-16(19-5)20-10-12-6-8-13(9-7-12)15(24)18-4;/h6-9H,10-11H2,1-5H3,(H,18,24)(H,22,23)(H2,19,20,21);1H. The van der Waals surface area contributed by atoms with E-state index in [0.29, 0.717) is 18.1 Å². The highest BCUT2D eigenvalue weighted by Crippen LogP contribution is 2.04. The molecule has 1 rings (SSSR count). The third-order valence-electron chi connectivity index (χ3n) is 3.06. The molecule has 0 aliphatic rings. The van der Waals surface area contributed by atoms with Crippen molar-refractivity contribution >= 4 is 41.8 Å². The van der Waals surface area contributed by atoms with Crippen LogP contribution in [0.5, 0.6) is 0 Å². The minimum Gasteiger partial charge on any atom is -0.355 e. The molecule has 0 saturated heterocycles. The molecule has 8 heteroatoms. The van der Waals surface area contributed by atoms with Gasteiger partial charge in [0.2, 0.25) is 5.91 Å². The fourth-order valence-electron chi connectivity index (χ4n) is 1.95. The minimum absolute atomic E-state index is 0. The number of carbonyl (C=O) groups is 2. The summed E-state index contributed by atoms with van der Waals surface area (Å²) in [6.45, 7) is 6.47. The van der Waals surface area contributed by atoms with Crippen LogP contribution in [0.2, 0.25) is 0 Å². The normalized spacial score (nSPS) is 11.2. The van der Waals surface area contributed by atoms with Gasteiger partial charge in [-0.25, -0.2) is 0 Å². The van der Waals surface area contributed by atoms with Gasteiger partial charge in [-0.1, -0.05) is 12.1 Å². The highest BCUT2D eigenvalue weighted by molar-refractivity contribution is 14.0. The molecule has 0 aromatic heterocycles. The van der Waals surface area contributed by atoms with Crippen LogP contribution < -0.4 is 21.3 Å². The summed E-state index contributed by atoms with van der Waals surface area (Å²) in [5.74, 6) is 0.326. The van der Waals surface area contributed by atoms with Gasteiger partial charge in [-0.3, -0.25) is 14.6 Å². The Balaban J connectivity index is 0.00000576. The Bertz CT molecular complexity index is 594. The zero-order valence-electron chi connectivity index (χ0n) is 15.4. The van der Waals surface area contributed by atoms with Crippen LogP contribution in [0.3, 0.4) is 0 Å². The van der Waals surface area contributed by atoms with Crippen molar-refractivity contribution in [3.8, 4) is 0 Å². The lowest BCUT2D eigenvalue weighted by Crippen LogP contribution is -2.48. The molecule has 1 aromatic carbocycles. The number of amides is 2. The number of nitrogens with zero attached hydrogens (tertiary/aromatic N) is 1. The van der Waals surface area contributed by atoms with E-state index in [2.05, 4.69) is 26.3 Å². The predicted octanol–water partition coefficient (Wildman–Crippen LogP) is 1.24. The molecule has 0 atom stereocenters. The first-order chi connectivity index (χ1) is 11.2. The number of hydrogen-bond acceptors (Lipinski definition) is 3. The van der Waals surface area contributed by atoms with Crippen molar-refractivity contribution < 1.29 is 9.59 Å². The molecule has 0 aliphatic carbocycles. The maximum absolute atomic E-state index is 11.8. The Kier molecular flexibility index (Phi) is 10.1. The van der Waals surface area contributed by atoms with Crippen molar-refractivity contribution in [1.82, 2.24) is 21.3 Å². The lowest BCUT2D eigenvalue weighted by Gasteiger charge is -2.21. The van der Waals surface area contributed by atoms with Crippen molar-refractivity contribution in [3.05, 3.63) is 35.4 Å². The third-order valence-corrected chi connectivity index (χ3v) is 3.06. The number of nitrogens with one attached hydrogen (secondary N) is 4. The van der Waals surface area contributed by atoms with E-state index in [4.69, 9.17) is 0 Å². The molecule has 2 amide bonds. The van der Waals surface area contributed by atoms with E-state index in [1.807, 2.05) is 32.9 Å². The molecule has 0 aliphatic heterocycles. The number of halogens is 1. The summed E-state index contributed by atoms with van der Waals surface area (Å²) < 4.78 is 0. The van der Waals surface area contributed by atoms with Crippen LogP contribution in [-0.4, -0.2) is 44.0 Å². The molecular formula is C17H28IN5O2. The van der Waals surface area contributed by atoms with Crippen LogP contribution in [0.25, 0.3) is 0 Å². The van der Waals surface area contributed by atoms with Gasteiger partial charge in [0, 0.05) is 31.7 Å². The molecule has 0 heterocycles. The summed E-state index contributed by atoms with van der Waals surface area (Å²) in [6, 6.07) is 7.28. The number of aliphatic imine (C=N–C) groups is 1. The first kappa shape index (κ1) is 23.2. The fourth-order valence-corrected chi connectivity index (χ4v) is 1.95. The lowest BCUT2D eigenvalue weighted by molar-refractivity contribution is -0.121. The Morgan fingerprint density at radius 2 is 1.68 bits per heavy atom. The van der Waals surface area contributed by atoms with Crippen molar-refractivity contribution in [3.63, 3.8) is 0 Å². The van der Waals surface area contributed by atoms with Crippen LogP contribution in [-0.2, 0) is 11.3 Å². The monoisotopic (exact) mass is 461 g/mol. The number of benzene rings is 1. The third kappa shape index (κ3) is 9.28. The summed E-state index contributed by atoms with van der Waals surface area (Å²) in [6.07, 6.45) is 0. The van der Waals surface area contributed by atoms with Crippen LogP contribution in [0.15, 0.2) is 29.3 Å². The molecule has 0 spiro atoms. The largest absolute Gasteiger partial charge is 0.355 e. The van der Waals surface area contributed by atoms with Crippen molar-refractivity contribution in [2.24, 2.45) is 4.99 Å². The van der Waals surface area contributed by atoms with Crippen LogP contribution in [0.1, 0.15) is 36.7 Å². The van der Waals surface area contributed by atoms with Gasteiger partial charge in [-0.15, -0.1) is 24.0 Å². The Morgan fingerprint density at radius 3 is 2.16 bits per heavy atom. The Labute approximate surface area is 166 Å². The van der Waals surface area contributed by atoms with E-state index in [9.17, 15) is 9.59 Å². The molecule has 0 bridgehead atoms. The van der Waals surface area contributed by atoms with E-state index in [1.165, 1.54) is 0 Å². The summed E-state index contributed by atoms with van der Waals surface area (Å²) in [5, 5.41) is 11.5. The van der Waals surface area contributed by atoms with Gasteiger partial charge in [-0.2, -0.15) is 0 Å². The van der Waals surface area contributed by atoms with E-state index >= 15 is 0 Å². The molecule has 4 N–H and O–H groups in total. The summed E-state index contributed by atoms with van der Waals surface area (Å²) >= 11 is 0. The second-order valence-electron chi connectivity index (χ2n) is 6.35. The van der Waals surface area contributed by atoms with Gasteiger partial charge < -0.3 is 21.3 Å². The topological polar surface area (TPSA) is 94.6 Å². The van der Waals surface area contributed by atoms with E-state index in [-0.39, 0.29) is 47.9 Å². The van der Waals surface area contributed by atoms with E-state index < -0.39 is 0 Å². The molecule has 0 unspecified atom stereocenters. The molecule has 1 aromatic rings. The average Bonchev–Trinajstić information content (AvgIpc) is 2.53. The predicted molar refractivity (Wildman–Crippen MR) is 111 cm³/mol. The zero-order chi connectivity index (χ0) is 18.2. The van der Waals surface area contributed by atoms with Gasteiger partial charge >= 0.3 is 0 Å². The van der Waals surface area contributed by atoms with Gasteiger partial charge in [0.25, 0.3) is 5.91 Å². The number of guanidine groups is 1. The molecule has 0 radical (unpaired) electrons. The molecular weight excluding hydrogens is 433 g/mol. The van der Waals surface area contributed by atoms with Crippen molar-refractivity contribution in [2.45, 2.75) is 32.9 Å². The van der Waals surface area contributed by atoms with Gasteiger partial charge in [0.15, 0.2) is 5.96 Å². The smallest absolute Gasteiger partial charge is 0.251 e. The zero-order valence-corrected chi connectivity index (χ0v) is 17.7. The van der Waals surface area contributed by atoms with Crippen LogP contribution in [0.4, 0.5) is 0 Å². The van der Waals surface area contributed by atoms with Crippen LogP contribution >= 0.6 is 24.0 Å². The number of rotatable bonds is 5. The summed E-state index contributed by atoms with van der Waals surface area (Å²) in [5.41, 5.74) is 1.36. The van der Waals surface area contributed by atoms with Gasteiger partial charge in [0.1, 0.15) is 0 Å². The van der Waals surface area contributed by atoms with E-state index in [1.54, 1.807) is 26.2 Å².